The summed E-state index contributed by atoms with van der Waals surface area (Å²) in [5, 5.41) is 7.43. The van der Waals surface area contributed by atoms with Crippen molar-refractivity contribution in [1.29, 1.82) is 0 Å². The predicted octanol–water partition coefficient (Wildman–Crippen LogP) is 2.98. The van der Waals surface area contributed by atoms with Crippen molar-refractivity contribution in [2.24, 2.45) is 10.9 Å². The van der Waals surface area contributed by atoms with Crippen molar-refractivity contribution in [3.05, 3.63) is 11.7 Å². The van der Waals surface area contributed by atoms with Crippen molar-refractivity contribution < 1.29 is 9.26 Å². The highest BCUT2D eigenvalue weighted by Crippen LogP contribution is 2.26. The van der Waals surface area contributed by atoms with Gasteiger partial charge in [-0.1, -0.05) is 31.8 Å². The molecule has 2 fully saturated rings. The maximum Gasteiger partial charge on any atom is 0.228 e. The maximum absolute atomic E-state index is 6.17. The molecule has 3 rings (SSSR count). The third kappa shape index (κ3) is 5.92. The summed E-state index contributed by atoms with van der Waals surface area (Å²) in [4.78, 5) is 11.2. The lowest BCUT2D eigenvalue weighted by molar-refractivity contribution is 0.00102. The summed E-state index contributed by atoms with van der Waals surface area (Å²) < 4.78 is 11.5. The van der Waals surface area contributed by atoms with Gasteiger partial charge in [0.2, 0.25) is 5.89 Å². The smallest absolute Gasteiger partial charge is 0.228 e. The average molecular weight is 378 g/mol. The van der Waals surface area contributed by atoms with E-state index in [1.807, 2.05) is 7.05 Å². The zero-order valence-corrected chi connectivity index (χ0v) is 17.1. The van der Waals surface area contributed by atoms with E-state index in [9.17, 15) is 0 Å². The maximum atomic E-state index is 6.17. The predicted molar refractivity (Wildman–Crippen MR) is 106 cm³/mol. The minimum Gasteiger partial charge on any atom is -0.378 e. The van der Waals surface area contributed by atoms with Gasteiger partial charge in [-0.3, -0.25) is 4.99 Å². The number of rotatable bonds is 7. The molecule has 0 atom stereocenters. The number of nitrogens with zero attached hydrogens (tertiary/aromatic N) is 4. The van der Waals surface area contributed by atoms with Gasteiger partial charge in [-0.15, -0.1) is 0 Å². The second kappa shape index (κ2) is 10.1. The van der Waals surface area contributed by atoms with E-state index in [4.69, 9.17) is 9.26 Å². The average Bonchev–Trinajstić information content (AvgIpc) is 3.36. The Hall–Kier alpha value is -1.63. The molecule has 0 unspecified atom stereocenters. The van der Waals surface area contributed by atoms with Crippen LogP contribution in [0.5, 0.6) is 0 Å². The molecular formula is C20H35N5O2. The highest BCUT2D eigenvalue weighted by molar-refractivity contribution is 5.79. The summed E-state index contributed by atoms with van der Waals surface area (Å²) in [5.74, 6) is 3.50. The first-order valence-electron chi connectivity index (χ1n) is 10.6. The second-order valence-electron chi connectivity index (χ2n) is 8.10. The van der Waals surface area contributed by atoms with Crippen LogP contribution in [-0.2, 0) is 11.2 Å². The van der Waals surface area contributed by atoms with Gasteiger partial charge in [0.25, 0.3) is 0 Å². The lowest BCUT2D eigenvalue weighted by Crippen LogP contribution is -2.47. The summed E-state index contributed by atoms with van der Waals surface area (Å²) in [6.45, 7) is 7.82. The molecule has 2 heterocycles. The number of aliphatic imine (C=N–C) groups is 1. The third-order valence-corrected chi connectivity index (χ3v) is 5.62. The fraction of sp³-hybridized carbons (Fsp3) is 0.850. The Bertz CT molecular complexity index is 587. The van der Waals surface area contributed by atoms with Gasteiger partial charge in [0.05, 0.1) is 6.10 Å². The van der Waals surface area contributed by atoms with E-state index in [-0.39, 0.29) is 0 Å². The molecule has 1 saturated heterocycles. The van der Waals surface area contributed by atoms with E-state index in [2.05, 4.69) is 39.2 Å². The standard InChI is InChI=1S/C20H35N5O2/c1-15(2)19-23-18(27-24-19)8-11-22-20(21-3)25-12-9-17(10-13-25)26-14-16-6-4-5-7-16/h15-17H,4-14H2,1-3H3,(H,21,22). The number of nitrogens with one attached hydrogen (secondary N) is 1. The van der Waals surface area contributed by atoms with Crippen molar-refractivity contribution in [3.63, 3.8) is 0 Å². The number of ether oxygens (including phenoxy) is 1. The Labute approximate surface area is 162 Å². The van der Waals surface area contributed by atoms with Gasteiger partial charge in [0.15, 0.2) is 11.8 Å². The van der Waals surface area contributed by atoms with Crippen LogP contribution in [0.1, 0.15) is 70.0 Å². The van der Waals surface area contributed by atoms with Gasteiger partial charge >= 0.3 is 0 Å². The first-order chi connectivity index (χ1) is 13.2. The molecule has 7 nitrogen and oxygen atoms in total. The van der Waals surface area contributed by atoms with Gasteiger partial charge in [-0.2, -0.15) is 4.98 Å². The Morgan fingerprint density at radius 3 is 2.63 bits per heavy atom. The van der Waals surface area contributed by atoms with Crippen LogP contribution in [0.3, 0.4) is 0 Å². The topological polar surface area (TPSA) is 75.8 Å². The molecule has 2 aliphatic rings. The van der Waals surface area contributed by atoms with Crippen LogP contribution in [0, 0.1) is 5.92 Å². The minimum absolute atomic E-state index is 0.292. The molecule has 1 aliphatic carbocycles. The molecular weight excluding hydrogens is 342 g/mol. The van der Waals surface area contributed by atoms with Gasteiger partial charge in [0, 0.05) is 45.6 Å². The highest BCUT2D eigenvalue weighted by Gasteiger charge is 2.24. The molecule has 0 radical (unpaired) electrons. The fourth-order valence-corrected chi connectivity index (χ4v) is 3.90. The number of hydrogen-bond donors (Lipinski definition) is 1. The van der Waals surface area contributed by atoms with Gasteiger partial charge in [-0.05, 0) is 31.6 Å². The Morgan fingerprint density at radius 1 is 1.26 bits per heavy atom. The summed E-state index contributed by atoms with van der Waals surface area (Å²) >= 11 is 0. The lowest BCUT2D eigenvalue weighted by atomic mass is 10.1. The zero-order chi connectivity index (χ0) is 19.1. The molecule has 152 valence electrons. The highest BCUT2D eigenvalue weighted by atomic mass is 16.5. The third-order valence-electron chi connectivity index (χ3n) is 5.62. The van der Waals surface area contributed by atoms with Gasteiger partial charge in [-0.25, -0.2) is 0 Å². The number of hydrogen-bond acceptors (Lipinski definition) is 5. The molecule has 1 saturated carbocycles. The molecule has 1 aromatic rings. The van der Waals surface area contributed by atoms with Crippen molar-refractivity contribution in [2.75, 3.05) is 33.3 Å². The van der Waals surface area contributed by atoms with Crippen LogP contribution in [0.4, 0.5) is 0 Å². The SMILES string of the molecule is CN=C(NCCc1nc(C(C)C)no1)N1CCC(OCC2CCCC2)CC1. The van der Waals surface area contributed by atoms with E-state index in [0.717, 1.165) is 56.8 Å². The minimum atomic E-state index is 0.292. The van der Waals surface area contributed by atoms with Crippen molar-refractivity contribution >= 4 is 5.96 Å². The Morgan fingerprint density at radius 2 is 2.00 bits per heavy atom. The van der Waals surface area contributed by atoms with E-state index in [0.29, 0.717) is 24.3 Å². The summed E-state index contributed by atoms with van der Waals surface area (Å²) in [5.41, 5.74) is 0. The molecule has 0 amide bonds. The van der Waals surface area contributed by atoms with Crippen LogP contribution in [0.25, 0.3) is 0 Å². The molecule has 0 aromatic carbocycles. The monoisotopic (exact) mass is 377 g/mol. The molecule has 27 heavy (non-hydrogen) atoms. The zero-order valence-electron chi connectivity index (χ0n) is 17.1. The van der Waals surface area contributed by atoms with E-state index >= 15 is 0 Å². The Kier molecular flexibility index (Phi) is 7.50. The summed E-state index contributed by atoms with van der Waals surface area (Å²) in [6, 6.07) is 0. The van der Waals surface area contributed by atoms with E-state index < -0.39 is 0 Å². The first-order valence-corrected chi connectivity index (χ1v) is 10.6. The van der Waals surface area contributed by atoms with Gasteiger partial charge in [0.1, 0.15) is 0 Å². The quantitative estimate of drug-likeness (QED) is 0.581. The lowest BCUT2D eigenvalue weighted by Gasteiger charge is -2.34. The second-order valence-corrected chi connectivity index (χ2v) is 8.10. The van der Waals surface area contributed by atoms with Crippen molar-refractivity contribution in [3.8, 4) is 0 Å². The number of guanidine groups is 1. The van der Waals surface area contributed by atoms with Crippen molar-refractivity contribution in [2.45, 2.75) is 70.8 Å². The fourth-order valence-electron chi connectivity index (χ4n) is 3.90. The first kappa shape index (κ1) is 20.1. The van der Waals surface area contributed by atoms with Crippen molar-refractivity contribution in [1.82, 2.24) is 20.4 Å². The van der Waals surface area contributed by atoms with Crippen LogP contribution >= 0.6 is 0 Å². The van der Waals surface area contributed by atoms with Crippen LogP contribution in [0.2, 0.25) is 0 Å². The molecule has 0 spiro atoms. The van der Waals surface area contributed by atoms with Gasteiger partial charge < -0.3 is 19.5 Å². The van der Waals surface area contributed by atoms with Crippen LogP contribution in [-0.4, -0.2) is 60.4 Å². The molecule has 1 N–H and O–H groups in total. The molecule has 1 aromatic heterocycles. The van der Waals surface area contributed by atoms with E-state index in [1.54, 1.807) is 0 Å². The summed E-state index contributed by atoms with van der Waals surface area (Å²) in [6.07, 6.45) is 8.76. The Balaban J connectivity index is 1.35. The van der Waals surface area contributed by atoms with Crippen LogP contribution < -0.4 is 5.32 Å². The number of aromatic nitrogens is 2. The normalized spacial score (nSPS) is 20.0. The number of likely N-dealkylation sites (tertiary alicyclic amines) is 1. The molecule has 7 heteroatoms. The summed E-state index contributed by atoms with van der Waals surface area (Å²) in [7, 11) is 1.84. The van der Waals surface area contributed by atoms with E-state index in [1.165, 1.54) is 25.7 Å². The number of piperidine rings is 1. The van der Waals surface area contributed by atoms with Crippen LogP contribution in [0.15, 0.2) is 9.52 Å². The largest absolute Gasteiger partial charge is 0.378 e. The molecule has 1 aliphatic heterocycles. The molecule has 0 bridgehead atoms.